The van der Waals surface area contributed by atoms with Crippen LogP contribution in [0.5, 0.6) is 0 Å². The molecule has 0 aliphatic rings. The van der Waals surface area contributed by atoms with Gasteiger partial charge < -0.3 is 21.3 Å². The van der Waals surface area contributed by atoms with Gasteiger partial charge in [0, 0.05) is 23.8 Å². The quantitative estimate of drug-likeness (QED) is 0.603. The Kier molecular flexibility index (Phi) is 7.37. The summed E-state index contributed by atoms with van der Waals surface area (Å²) in [4.78, 5) is 35.8. The fraction of sp³-hybridized carbons (Fsp3) is 0.250. The van der Waals surface area contributed by atoms with E-state index >= 15 is 0 Å². The van der Waals surface area contributed by atoms with Crippen molar-refractivity contribution in [3.63, 3.8) is 0 Å². The molecule has 0 saturated carbocycles. The van der Waals surface area contributed by atoms with E-state index in [1.54, 1.807) is 24.3 Å². The molecule has 0 saturated heterocycles. The maximum Gasteiger partial charge on any atom is 0.319 e. The number of rotatable bonds is 7. The van der Waals surface area contributed by atoms with Gasteiger partial charge in [0.05, 0.1) is 6.54 Å². The molecule has 0 radical (unpaired) electrons. The van der Waals surface area contributed by atoms with Crippen molar-refractivity contribution in [1.82, 2.24) is 16.0 Å². The van der Waals surface area contributed by atoms with Crippen LogP contribution in [-0.2, 0) is 11.3 Å². The first-order valence-corrected chi connectivity index (χ1v) is 8.70. The van der Waals surface area contributed by atoms with E-state index in [4.69, 9.17) is 0 Å². The molecule has 2 aromatic carbocycles. The van der Waals surface area contributed by atoms with E-state index in [0.29, 0.717) is 17.8 Å². The second-order valence-electron chi connectivity index (χ2n) is 6.28. The highest BCUT2D eigenvalue weighted by molar-refractivity contribution is 5.98. The lowest BCUT2D eigenvalue weighted by Gasteiger charge is -2.11. The number of urea groups is 1. The van der Waals surface area contributed by atoms with Crippen molar-refractivity contribution < 1.29 is 14.4 Å². The van der Waals surface area contributed by atoms with Crippen LogP contribution in [0.3, 0.4) is 0 Å². The van der Waals surface area contributed by atoms with E-state index in [9.17, 15) is 14.4 Å². The van der Waals surface area contributed by atoms with E-state index in [1.165, 1.54) is 0 Å². The summed E-state index contributed by atoms with van der Waals surface area (Å²) in [5.74, 6) is -0.671. The Balaban J connectivity index is 1.82. The Bertz CT molecular complexity index is 791. The Morgan fingerprint density at radius 3 is 2.37 bits per heavy atom. The Hall–Kier alpha value is -3.35. The molecular formula is C20H24N4O3. The van der Waals surface area contributed by atoms with Crippen molar-refractivity contribution in [2.45, 2.75) is 26.4 Å². The summed E-state index contributed by atoms with van der Waals surface area (Å²) in [6.07, 6.45) is 0. The molecule has 4 N–H and O–H groups in total. The summed E-state index contributed by atoms with van der Waals surface area (Å²) in [6.45, 7) is 3.98. The minimum atomic E-state index is -0.391. The lowest BCUT2D eigenvalue weighted by Crippen LogP contribution is -2.36. The van der Waals surface area contributed by atoms with E-state index in [0.717, 1.165) is 5.56 Å². The third-order valence-electron chi connectivity index (χ3n) is 3.54. The van der Waals surface area contributed by atoms with Crippen molar-refractivity contribution in [2.24, 2.45) is 0 Å². The van der Waals surface area contributed by atoms with Crippen molar-refractivity contribution in [2.75, 3.05) is 11.9 Å². The Morgan fingerprint density at radius 2 is 1.67 bits per heavy atom. The monoisotopic (exact) mass is 368 g/mol. The molecular weight excluding hydrogens is 344 g/mol. The van der Waals surface area contributed by atoms with Gasteiger partial charge in [-0.1, -0.05) is 36.4 Å². The molecule has 0 bridgehead atoms. The van der Waals surface area contributed by atoms with Crippen molar-refractivity contribution in [1.29, 1.82) is 0 Å². The molecule has 4 amide bonds. The third kappa shape index (κ3) is 7.19. The fourth-order valence-electron chi connectivity index (χ4n) is 2.29. The maximum absolute atomic E-state index is 12.2. The van der Waals surface area contributed by atoms with Gasteiger partial charge in [-0.3, -0.25) is 9.59 Å². The summed E-state index contributed by atoms with van der Waals surface area (Å²) in [7, 11) is 0. The van der Waals surface area contributed by atoms with E-state index < -0.39 is 5.91 Å². The van der Waals surface area contributed by atoms with Gasteiger partial charge in [0.1, 0.15) is 0 Å². The number of hydrogen-bond donors (Lipinski definition) is 4. The molecule has 0 spiro atoms. The maximum atomic E-state index is 12.2. The van der Waals surface area contributed by atoms with Gasteiger partial charge in [-0.15, -0.1) is 0 Å². The first-order chi connectivity index (χ1) is 12.9. The molecule has 7 nitrogen and oxygen atoms in total. The molecule has 7 heteroatoms. The van der Waals surface area contributed by atoms with Crippen LogP contribution in [0, 0.1) is 0 Å². The summed E-state index contributed by atoms with van der Waals surface area (Å²) in [5.41, 5.74) is 1.83. The van der Waals surface area contributed by atoms with E-state index in [-0.39, 0.29) is 24.5 Å². The zero-order valence-corrected chi connectivity index (χ0v) is 15.4. The molecule has 0 unspecified atom stereocenters. The van der Waals surface area contributed by atoms with Crippen LogP contribution >= 0.6 is 0 Å². The first-order valence-electron chi connectivity index (χ1n) is 8.70. The number of anilines is 1. The van der Waals surface area contributed by atoms with Crippen molar-refractivity contribution in [3.05, 3.63) is 65.7 Å². The highest BCUT2D eigenvalue weighted by Gasteiger charge is 2.10. The number of carbonyl (C=O) groups is 3. The summed E-state index contributed by atoms with van der Waals surface area (Å²) in [6, 6.07) is 15.7. The summed E-state index contributed by atoms with van der Waals surface area (Å²) < 4.78 is 0. The molecule has 0 aromatic heterocycles. The number of nitrogens with one attached hydrogen (secondary N) is 4. The second kappa shape index (κ2) is 9.96. The second-order valence-corrected chi connectivity index (χ2v) is 6.28. The van der Waals surface area contributed by atoms with Crippen LogP contribution in [0.15, 0.2) is 54.6 Å². The standard InChI is InChI=1S/C20H24N4O3/c1-14(2)23-20(27)24-17-10-6-9-16(11-17)19(26)22-13-18(25)21-12-15-7-4-3-5-8-15/h3-11,14H,12-13H2,1-2H3,(H,21,25)(H,22,26)(H2,23,24,27). The van der Waals surface area contributed by atoms with Gasteiger partial charge in [-0.25, -0.2) is 4.79 Å². The molecule has 27 heavy (non-hydrogen) atoms. The van der Waals surface area contributed by atoms with Gasteiger partial charge in [0.15, 0.2) is 0 Å². The predicted molar refractivity (Wildman–Crippen MR) is 104 cm³/mol. The molecule has 142 valence electrons. The van der Waals surface area contributed by atoms with Crippen LogP contribution < -0.4 is 21.3 Å². The van der Waals surface area contributed by atoms with Gasteiger partial charge >= 0.3 is 6.03 Å². The molecule has 0 aliphatic carbocycles. The first kappa shape index (κ1) is 20.0. The van der Waals surface area contributed by atoms with E-state index in [1.807, 2.05) is 44.2 Å². The number of amides is 4. The zero-order valence-electron chi connectivity index (χ0n) is 15.4. The predicted octanol–water partition coefficient (Wildman–Crippen LogP) is 2.26. The topological polar surface area (TPSA) is 99.3 Å². The van der Waals surface area contributed by atoms with Gasteiger partial charge in [0.2, 0.25) is 5.91 Å². The van der Waals surface area contributed by atoms with Crippen molar-refractivity contribution >= 4 is 23.5 Å². The smallest absolute Gasteiger partial charge is 0.319 e. The highest BCUT2D eigenvalue weighted by Crippen LogP contribution is 2.10. The molecule has 0 heterocycles. The van der Waals surface area contributed by atoms with Crippen LogP contribution in [-0.4, -0.2) is 30.4 Å². The van der Waals surface area contributed by atoms with Crippen LogP contribution in [0.4, 0.5) is 10.5 Å². The Labute approximate surface area is 158 Å². The summed E-state index contributed by atoms with van der Waals surface area (Å²) in [5, 5.41) is 10.7. The van der Waals surface area contributed by atoms with Crippen molar-refractivity contribution in [3.8, 4) is 0 Å². The number of carbonyl (C=O) groups excluding carboxylic acids is 3. The molecule has 0 fully saturated rings. The van der Waals surface area contributed by atoms with Gasteiger partial charge in [-0.05, 0) is 37.6 Å². The normalized spacial score (nSPS) is 10.2. The highest BCUT2D eigenvalue weighted by atomic mass is 16.2. The average molecular weight is 368 g/mol. The van der Waals surface area contributed by atoms with Crippen LogP contribution in [0.1, 0.15) is 29.8 Å². The SMILES string of the molecule is CC(C)NC(=O)Nc1cccc(C(=O)NCC(=O)NCc2ccccc2)c1. The van der Waals surface area contributed by atoms with E-state index in [2.05, 4.69) is 21.3 Å². The van der Waals surface area contributed by atoms with Gasteiger partial charge in [-0.2, -0.15) is 0 Å². The van der Waals surface area contributed by atoms with Crippen LogP contribution in [0.25, 0.3) is 0 Å². The lowest BCUT2D eigenvalue weighted by atomic mass is 10.2. The Morgan fingerprint density at radius 1 is 0.926 bits per heavy atom. The third-order valence-corrected chi connectivity index (χ3v) is 3.54. The molecule has 2 aromatic rings. The fourth-order valence-corrected chi connectivity index (χ4v) is 2.29. The zero-order chi connectivity index (χ0) is 19.6. The lowest BCUT2D eigenvalue weighted by molar-refractivity contribution is -0.120. The molecule has 0 atom stereocenters. The minimum absolute atomic E-state index is 0.00544. The number of hydrogen-bond acceptors (Lipinski definition) is 3. The number of benzene rings is 2. The largest absolute Gasteiger partial charge is 0.350 e. The average Bonchev–Trinajstić information content (AvgIpc) is 2.64. The van der Waals surface area contributed by atoms with Crippen LogP contribution in [0.2, 0.25) is 0 Å². The molecule has 2 rings (SSSR count). The molecule has 0 aliphatic heterocycles. The summed E-state index contributed by atoms with van der Waals surface area (Å²) >= 11 is 0. The minimum Gasteiger partial charge on any atom is -0.350 e. The van der Waals surface area contributed by atoms with Gasteiger partial charge in [0.25, 0.3) is 5.91 Å².